The second-order valence-electron chi connectivity index (χ2n) is 6.21. The molecule has 0 aliphatic heterocycles. The molecule has 0 aliphatic carbocycles. The highest BCUT2D eigenvalue weighted by molar-refractivity contribution is 5.65. The van der Waals surface area contributed by atoms with Crippen molar-refractivity contribution in [3.05, 3.63) is 48.8 Å². The number of nitrogens with zero attached hydrogens (tertiary/aromatic N) is 1. The molecule has 0 atom stereocenters. The van der Waals surface area contributed by atoms with Crippen molar-refractivity contribution in [3.8, 4) is 11.1 Å². The summed E-state index contributed by atoms with van der Waals surface area (Å²) in [4.78, 5) is 4.06. The molecule has 0 amide bonds. The first-order valence-corrected chi connectivity index (χ1v) is 9.14. The molecule has 1 heterocycles. The van der Waals surface area contributed by atoms with Gasteiger partial charge >= 0.3 is 0 Å². The van der Waals surface area contributed by atoms with Crippen LogP contribution in [0.1, 0.15) is 58.3 Å². The maximum Gasteiger partial charge on any atom is 0.0340 e. The number of unbranched alkanes of at least 4 members (excludes halogenated alkanes) is 7. The van der Waals surface area contributed by atoms with Crippen molar-refractivity contribution >= 4 is 5.69 Å². The van der Waals surface area contributed by atoms with Gasteiger partial charge in [0.25, 0.3) is 0 Å². The number of anilines is 1. The van der Waals surface area contributed by atoms with Gasteiger partial charge in [0.2, 0.25) is 0 Å². The molecule has 1 N–H and O–H groups in total. The van der Waals surface area contributed by atoms with Gasteiger partial charge in [-0.2, -0.15) is 0 Å². The van der Waals surface area contributed by atoms with E-state index in [0.29, 0.717) is 0 Å². The lowest BCUT2D eigenvalue weighted by atomic mass is 10.1. The maximum absolute atomic E-state index is 4.06. The van der Waals surface area contributed by atoms with E-state index in [1.807, 2.05) is 24.5 Å². The van der Waals surface area contributed by atoms with Gasteiger partial charge in [-0.15, -0.1) is 0 Å². The van der Waals surface area contributed by atoms with Crippen LogP contribution in [-0.4, -0.2) is 11.5 Å². The molecular formula is C21H30N2. The van der Waals surface area contributed by atoms with Crippen molar-refractivity contribution in [2.24, 2.45) is 0 Å². The molecule has 0 radical (unpaired) electrons. The first-order valence-electron chi connectivity index (χ1n) is 9.14. The van der Waals surface area contributed by atoms with E-state index in [-0.39, 0.29) is 0 Å². The van der Waals surface area contributed by atoms with E-state index in [0.717, 1.165) is 6.54 Å². The van der Waals surface area contributed by atoms with Gasteiger partial charge in [-0.1, -0.05) is 64.0 Å². The van der Waals surface area contributed by atoms with Crippen molar-refractivity contribution in [2.45, 2.75) is 58.3 Å². The van der Waals surface area contributed by atoms with Crippen LogP contribution in [0.3, 0.4) is 0 Å². The zero-order chi connectivity index (χ0) is 16.2. The predicted octanol–water partition coefficient (Wildman–Crippen LogP) is 6.30. The predicted molar refractivity (Wildman–Crippen MR) is 101 cm³/mol. The molecule has 2 rings (SSSR count). The van der Waals surface area contributed by atoms with E-state index in [9.17, 15) is 0 Å². The highest BCUT2D eigenvalue weighted by atomic mass is 14.9. The smallest absolute Gasteiger partial charge is 0.0340 e. The van der Waals surface area contributed by atoms with Crippen molar-refractivity contribution in [1.29, 1.82) is 0 Å². The monoisotopic (exact) mass is 310 g/mol. The first-order chi connectivity index (χ1) is 11.4. The van der Waals surface area contributed by atoms with Gasteiger partial charge in [-0.3, -0.25) is 4.98 Å². The summed E-state index contributed by atoms with van der Waals surface area (Å²) in [5.74, 6) is 0. The Morgan fingerprint density at radius 2 is 1.26 bits per heavy atom. The fraction of sp³-hybridized carbons (Fsp3) is 0.476. The molecule has 0 spiro atoms. The Labute approximate surface area is 141 Å². The summed E-state index contributed by atoms with van der Waals surface area (Å²) < 4.78 is 0. The highest BCUT2D eigenvalue weighted by Crippen LogP contribution is 2.20. The molecule has 0 saturated carbocycles. The van der Waals surface area contributed by atoms with Gasteiger partial charge in [0, 0.05) is 24.6 Å². The minimum absolute atomic E-state index is 1.07. The minimum Gasteiger partial charge on any atom is -0.385 e. The van der Waals surface area contributed by atoms with Crippen molar-refractivity contribution in [3.63, 3.8) is 0 Å². The van der Waals surface area contributed by atoms with Crippen LogP contribution in [0, 0.1) is 0 Å². The summed E-state index contributed by atoms with van der Waals surface area (Å²) in [6, 6.07) is 12.8. The summed E-state index contributed by atoms with van der Waals surface area (Å²) in [5.41, 5.74) is 3.67. The Balaban J connectivity index is 1.60. The minimum atomic E-state index is 1.07. The lowest BCUT2D eigenvalue weighted by Crippen LogP contribution is -2.01. The Hall–Kier alpha value is -1.83. The van der Waals surface area contributed by atoms with Crippen LogP contribution < -0.4 is 5.32 Å². The average molecular weight is 310 g/mol. The number of nitrogens with one attached hydrogen (secondary N) is 1. The summed E-state index contributed by atoms with van der Waals surface area (Å²) in [6.45, 7) is 3.35. The van der Waals surface area contributed by atoms with E-state index < -0.39 is 0 Å². The fourth-order valence-corrected chi connectivity index (χ4v) is 2.82. The third-order valence-electron chi connectivity index (χ3n) is 4.26. The average Bonchev–Trinajstić information content (AvgIpc) is 2.62. The third-order valence-corrected chi connectivity index (χ3v) is 4.26. The van der Waals surface area contributed by atoms with Crippen molar-refractivity contribution < 1.29 is 0 Å². The molecule has 23 heavy (non-hydrogen) atoms. The molecule has 124 valence electrons. The molecule has 0 saturated heterocycles. The molecule has 0 unspecified atom stereocenters. The molecule has 0 aliphatic rings. The lowest BCUT2D eigenvalue weighted by molar-refractivity contribution is 0.581. The van der Waals surface area contributed by atoms with E-state index >= 15 is 0 Å². The molecule has 1 aromatic heterocycles. The second-order valence-corrected chi connectivity index (χ2v) is 6.21. The fourth-order valence-electron chi connectivity index (χ4n) is 2.82. The molecule has 2 heteroatoms. The molecule has 2 aromatic rings. The summed E-state index contributed by atoms with van der Waals surface area (Å²) in [5, 5.41) is 3.52. The second kappa shape index (κ2) is 10.8. The zero-order valence-corrected chi connectivity index (χ0v) is 14.4. The van der Waals surface area contributed by atoms with Crippen LogP contribution in [0.5, 0.6) is 0 Å². The SMILES string of the molecule is CCCCCCCCCCNc1ccc(-c2ccncc2)cc1. The van der Waals surface area contributed by atoms with Crippen LogP contribution in [0.4, 0.5) is 5.69 Å². The quantitative estimate of drug-likeness (QED) is 0.492. The van der Waals surface area contributed by atoms with Crippen molar-refractivity contribution in [2.75, 3.05) is 11.9 Å². The normalized spacial score (nSPS) is 10.7. The number of pyridine rings is 1. The van der Waals surface area contributed by atoms with Gasteiger partial charge in [0.1, 0.15) is 0 Å². The summed E-state index contributed by atoms with van der Waals surface area (Å²) >= 11 is 0. The summed E-state index contributed by atoms with van der Waals surface area (Å²) in [6.07, 6.45) is 14.6. The van der Waals surface area contributed by atoms with E-state index in [1.165, 1.54) is 68.2 Å². The first kappa shape index (κ1) is 17.5. The van der Waals surface area contributed by atoms with Crippen LogP contribution in [-0.2, 0) is 0 Å². The zero-order valence-electron chi connectivity index (χ0n) is 14.4. The van der Waals surface area contributed by atoms with Crippen LogP contribution in [0.25, 0.3) is 11.1 Å². The van der Waals surface area contributed by atoms with E-state index in [2.05, 4.69) is 41.5 Å². The number of hydrogen-bond acceptors (Lipinski definition) is 2. The Morgan fingerprint density at radius 1 is 0.696 bits per heavy atom. The topological polar surface area (TPSA) is 24.9 Å². The van der Waals surface area contributed by atoms with Gasteiger partial charge in [-0.25, -0.2) is 0 Å². The van der Waals surface area contributed by atoms with Gasteiger partial charge < -0.3 is 5.32 Å². The Bertz CT molecular complexity index is 519. The summed E-state index contributed by atoms with van der Waals surface area (Å²) in [7, 11) is 0. The van der Waals surface area contributed by atoms with Crippen LogP contribution >= 0.6 is 0 Å². The Kier molecular flexibility index (Phi) is 8.25. The van der Waals surface area contributed by atoms with Gasteiger partial charge in [0.05, 0.1) is 0 Å². The van der Waals surface area contributed by atoms with Gasteiger partial charge in [-0.05, 0) is 41.8 Å². The number of aromatic nitrogens is 1. The molecule has 0 fully saturated rings. The van der Waals surface area contributed by atoms with Gasteiger partial charge in [0.15, 0.2) is 0 Å². The van der Waals surface area contributed by atoms with E-state index in [4.69, 9.17) is 0 Å². The Morgan fingerprint density at radius 3 is 1.91 bits per heavy atom. The largest absolute Gasteiger partial charge is 0.385 e. The third kappa shape index (κ3) is 6.85. The standard InChI is InChI=1S/C21H30N2/c1-2-3-4-5-6-7-8-9-16-23-21-12-10-19(11-13-21)20-14-17-22-18-15-20/h10-15,17-18,23H,2-9,16H2,1H3. The van der Waals surface area contributed by atoms with E-state index in [1.54, 1.807) is 0 Å². The van der Waals surface area contributed by atoms with Crippen LogP contribution in [0.15, 0.2) is 48.8 Å². The number of benzene rings is 1. The molecule has 2 nitrogen and oxygen atoms in total. The number of rotatable bonds is 11. The maximum atomic E-state index is 4.06. The molecule has 1 aromatic carbocycles. The molecular weight excluding hydrogens is 280 g/mol. The van der Waals surface area contributed by atoms with Crippen LogP contribution in [0.2, 0.25) is 0 Å². The van der Waals surface area contributed by atoms with Crippen molar-refractivity contribution in [1.82, 2.24) is 4.98 Å². The highest BCUT2D eigenvalue weighted by Gasteiger charge is 1.97. The number of hydrogen-bond donors (Lipinski definition) is 1. The molecule has 0 bridgehead atoms. The lowest BCUT2D eigenvalue weighted by Gasteiger charge is -2.08.